The molecule has 49 heavy (non-hydrogen) atoms. The van der Waals surface area contributed by atoms with Crippen molar-refractivity contribution in [2.24, 2.45) is 17.4 Å². The number of hydrogen-bond donors (Lipinski definition) is 8. The average molecular weight is 673 g/mol. The molecule has 3 aromatic rings. The Hall–Kier alpha value is -4.56. The minimum Gasteiger partial charge on any atom is -0.423 e. The molecule has 0 aliphatic carbocycles. The molecule has 0 saturated carbocycles. The van der Waals surface area contributed by atoms with E-state index >= 15 is 0 Å². The van der Waals surface area contributed by atoms with Gasteiger partial charge in [0.1, 0.15) is 18.1 Å². The van der Waals surface area contributed by atoms with Crippen LogP contribution >= 0.6 is 0 Å². The van der Waals surface area contributed by atoms with Crippen molar-refractivity contribution >= 4 is 41.9 Å². The molecule has 0 heterocycles. The zero-order valence-corrected chi connectivity index (χ0v) is 28.2. The van der Waals surface area contributed by atoms with Crippen molar-refractivity contribution in [3.8, 4) is 0 Å². The smallest absolute Gasteiger partial charge is 0.423 e. The number of rotatable bonds is 19. The molecule has 0 saturated heterocycles. The number of amides is 4. The monoisotopic (exact) mass is 672 g/mol. The van der Waals surface area contributed by atoms with E-state index in [-0.39, 0.29) is 30.6 Å². The Morgan fingerprint density at radius 3 is 1.76 bits per heavy atom. The first kappa shape index (κ1) is 38.9. The maximum absolute atomic E-state index is 13.8. The predicted octanol–water partition coefficient (Wildman–Crippen LogP) is 0.747. The van der Waals surface area contributed by atoms with Gasteiger partial charge in [0.2, 0.25) is 23.6 Å². The molecule has 0 spiro atoms. The van der Waals surface area contributed by atoms with Crippen molar-refractivity contribution in [2.75, 3.05) is 11.9 Å². The van der Waals surface area contributed by atoms with E-state index in [4.69, 9.17) is 11.5 Å². The van der Waals surface area contributed by atoms with Crippen LogP contribution in [0.2, 0.25) is 0 Å². The SMILES string of the molecule is CC(C)CC(NC(=O)[C@@H](Cc1ccccc1)NC(=O)[C@H](N)Cc1ccccc1)C(=O)N[C@H](CCCCN)C(=O)Nc1ccc(B(O)O)cc1. The molecule has 13 heteroatoms. The fourth-order valence-corrected chi connectivity index (χ4v) is 5.28. The lowest BCUT2D eigenvalue weighted by Crippen LogP contribution is -2.58. The van der Waals surface area contributed by atoms with Crippen LogP contribution in [0.1, 0.15) is 50.7 Å². The van der Waals surface area contributed by atoms with Crippen molar-refractivity contribution < 1.29 is 29.2 Å². The Morgan fingerprint density at radius 1 is 0.673 bits per heavy atom. The quantitative estimate of drug-likeness (QED) is 0.0672. The van der Waals surface area contributed by atoms with E-state index in [1.807, 2.05) is 74.5 Å². The van der Waals surface area contributed by atoms with E-state index in [1.54, 1.807) is 0 Å². The van der Waals surface area contributed by atoms with Crippen molar-refractivity contribution in [1.82, 2.24) is 16.0 Å². The predicted molar refractivity (Wildman–Crippen MR) is 191 cm³/mol. The van der Waals surface area contributed by atoms with Crippen molar-refractivity contribution in [3.05, 3.63) is 96.1 Å². The third-order valence-electron chi connectivity index (χ3n) is 7.95. The minimum absolute atomic E-state index is 0.00224. The van der Waals surface area contributed by atoms with E-state index in [1.165, 1.54) is 24.3 Å². The van der Waals surface area contributed by atoms with Crippen LogP contribution < -0.4 is 38.2 Å². The van der Waals surface area contributed by atoms with Gasteiger partial charge in [-0.15, -0.1) is 0 Å². The highest BCUT2D eigenvalue weighted by molar-refractivity contribution is 6.58. The number of carbonyl (C=O) groups excluding carboxylic acids is 4. The molecule has 0 radical (unpaired) electrons. The van der Waals surface area contributed by atoms with Gasteiger partial charge in [0.15, 0.2) is 0 Å². The maximum Gasteiger partial charge on any atom is 0.488 e. The number of unbranched alkanes of at least 4 members (excludes halogenated alkanes) is 1. The van der Waals surface area contributed by atoms with Gasteiger partial charge in [-0.1, -0.05) is 86.6 Å². The van der Waals surface area contributed by atoms with Gasteiger partial charge in [0.25, 0.3) is 0 Å². The van der Waals surface area contributed by atoms with Crippen LogP contribution in [0, 0.1) is 5.92 Å². The molecule has 4 amide bonds. The van der Waals surface area contributed by atoms with Crippen molar-refractivity contribution in [2.45, 2.75) is 76.5 Å². The molecule has 0 bridgehead atoms. The van der Waals surface area contributed by atoms with Crippen molar-refractivity contribution in [3.63, 3.8) is 0 Å². The molecule has 0 aliphatic heterocycles. The van der Waals surface area contributed by atoms with Gasteiger partial charge < -0.3 is 42.8 Å². The first-order valence-corrected chi connectivity index (χ1v) is 16.7. The topological polar surface area (TPSA) is 209 Å². The Labute approximate surface area is 288 Å². The van der Waals surface area contributed by atoms with Crippen LogP contribution in [0.5, 0.6) is 0 Å². The van der Waals surface area contributed by atoms with Crippen LogP contribution in [0.3, 0.4) is 0 Å². The van der Waals surface area contributed by atoms with Gasteiger partial charge in [-0.25, -0.2) is 0 Å². The van der Waals surface area contributed by atoms with Gasteiger partial charge in [0.05, 0.1) is 6.04 Å². The summed E-state index contributed by atoms with van der Waals surface area (Å²) in [5.74, 6) is -2.07. The fourth-order valence-electron chi connectivity index (χ4n) is 5.28. The molecule has 10 N–H and O–H groups in total. The third kappa shape index (κ3) is 13.5. The first-order chi connectivity index (χ1) is 23.5. The van der Waals surface area contributed by atoms with E-state index in [9.17, 15) is 29.2 Å². The largest absolute Gasteiger partial charge is 0.488 e. The van der Waals surface area contributed by atoms with Crippen LogP contribution in [-0.4, -0.2) is 71.5 Å². The summed E-state index contributed by atoms with van der Waals surface area (Å²) in [6, 6.07) is 20.7. The second-order valence-corrected chi connectivity index (χ2v) is 12.6. The molecule has 0 aliphatic rings. The van der Waals surface area contributed by atoms with E-state index in [0.717, 1.165) is 11.1 Å². The molecule has 3 aromatic carbocycles. The average Bonchev–Trinajstić information content (AvgIpc) is 3.08. The summed E-state index contributed by atoms with van der Waals surface area (Å²) < 4.78 is 0. The lowest BCUT2D eigenvalue weighted by molar-refractivity contribution is -0.133. The maximum atomic E-state index is 13.8. The van der Waals surface area contributed by atoms with Crippen LogP contribution in [0.4, 0.5) is 5.69 Å². The Bertz CT molecular complexity index is 1480. The van der Waals surface area contributed by atoms with E-state index in [0.29, 0.717) is 31.5 Å². The van der Waals surface area contributed by atoms with Crippen LogP contribution in [0.25, 0.3) is 0 Å². The summed E-state index contributed by atoms with van der Waals surface area (Å²) in [7, 11) is -1.65. The summed E-state index contributed by atoms with van der Waals surface area (Å²) in [6.07, 6.45) is 2.24. The number of carbonyl (C=O) groups is 4. The normalized spacial score (nSPS) is 13.4. The lowest BCUT2D eigenvalue weighted by atomic mass is 9.80. The second-order valence-electron chi connectivity index (χ2n) is 12.6. The molecule has 262 valence electrons. The standard InChI is InChI=1S/C36H49BN6O6/c1-24(2)21-31(35(46)41-30(15-9-10-20-38)34(45)40-28-18-16-27(17-19-28)37(48)49)43-36(47)32(23-26-13-7-4-8-14-26)42-33(44)29(39)22-25-11-5-3-6-12-25/h3-8,11-14,16-19,24,29-32,48-49H,9-10,15,20-23,38-39H2,1-2H3,(H,40,45)(H,41,46)(H,42,44)(H,43,47)/t29-,30-,31?,32-/m1/s1. The van der Waals surface area contributed by atoms with Gasteiger partial charge >= 0.3 is 7.12 Å². The molecule has 12 nitrogen and oxygen atoms in total. The lowest BCUT2D eigenvalue weighted by Gasteiger charge is -2.27. The summed E-state index contributed by atoms with van der Waals surface area (Å²) in [5, 5.41) is 29.9. The Kier molecular flexibility index (Phi) is 15.9. The molecule has 1 unspecified atom stereocenters. The number of anilines is 1. The minimum atomic E-state index is -1.65. The zero-order valence-electron chi connectivity index (χ0n) is 28.2. The van der Waals surface area contributed by atoms with Crippen molar-refractivity contribution in [1.29, 1.82) is 0 Å². The van der Waals surface area contributed by atoms with Gasteiger partial charge in [-0.05, 0) is 73.3 Å². The van der Waals surface area contributed by atoms with E-state index in [2.05, 4.69) is 21.3 Å². The van der Waals surface area contributed by atoms with Crippen LogP contribution in [0.15, 0.2) is 84.9 Å². The van der Waals surface area contributed by atoms with Gasteiger partial charge in [-0.2, -0.15) is 0 Å². The summed E-state index contributed by atoms with van der Waals surface area (Å²) in [6.45, 7) is 4.25. The van der Waals surface area contributed by atoms with E-state index < -0.39 is 54.9 Å². The highest BCUT2D eigenvalue weighted by Gasteiger charge is 2.31. The molecule has 0 fully saturated rings. The summed E-state index contributed by atoms with van der Waals surface area (Å²) in [5.41, 5.74) is 14.3. The molecule has 3 rings (SSSR count). The molecule has 4 atom stereocenters. The number of nitrogens with two attached hydrogens (primary N) is 2. The molecule has 0 aromatic heterocycles. The number of hydrogen-bond acceptors (Lipinski definition) is 8. The fraction of sp³-hybridized carbons (Fsp3) is 0.389. The highest BCUT2D eigenvalue weighted by atomic mass is 16.4. The molecular weight excluding hydrogens is 623 g/mol. The van der Waals surface area contributed by atoms with Gasteiger partial charge in [-0.3, -0.25) is 19.2 Å². The third-order valence-corrected chi connectivity index (χ3v) is 7.95. The summed E-state index contributed by atoms with van der Waals surface area (Å²) >= 11 is 0. The second kappa shape index (κ2) is 20.1. The highest BCUT2D eigenvalue weighted by Crippen LogP contribution is 2.12. The van der Waals surface area contributed by atoms with Gasteiger partial charge in [0, 0.05) is 12.1 Å². The van der Waals surface area contributed by atoms with Crippen LogP contribution in [-0.2, 0) is 32.0 Å². The Balaban J connectivity index is 1.77. The molecular formula is C36H49BN6O6. The zero-order chi connectivity index (χ0) is 35.8. The first-order valence-electron chi connectivity index (χ1n) is 16.7. The Morgan fingerprint density at radius 2 is 1.20 bits per heavy atom. The number of benzene rings is 3. The number of nitrogens with one attached hydrogen (secondary N) is 4. The summed E-state index contributed by atoms with van der Waals surface area (Å²) in [4.78, 5) is 54.2.